The Kier molecular flexibility index (Phi) is 4.03. The van der Waals surface area contributed by atoms with Crippen LogP contribution in [-0.2, 0) is 11.0 Å². The van der Waals surface area contributed by atoms with Crippen LogP contribution in [0.5, 0.6) is 0 Å². The van der Waals surface area contributed by atoms with Crippen LogP contribution >= 0.6 is 11.6 Å². The zero-order valence-corrected chi connectivity index (χ0v) is 11.5. The van der Waals surface area contributed by atoms with E-state index in [9.17, 15) is 14.4 Å². The van der Waals surface area contributed by atoms with Crippen molar-refractivity contribution in [3.63, 3.8) is 0 Å². The van der Waals surface area contributed by atoms with Gasteiger partial charge in [-0.05, 0) is 25.5 Å². The van der Waals surface area contributed by atoms with Crippen LogP contribution < -0.4 is 0 Å². The molecule has 1 aromatic heterocycles. The van der Waals surface area contributed by atoms with Gasteiger partial charge in [-0.1, -0.05) is 11.6 Å². The molecule has 1 fully saturated rings. The number of aliphatic hydroxyl groups excluding tert-OH is 1. The molecular weight excluding hydrogens is 276 g/mol. The highest BCUT2D eigenvalue weighted by atomic mass is 35.5. The molecular formula is C11H15ClN2O3S. The predicted octanol–water partition coefficient (Wildman–Crippen LogP) is 0.575. The fourth-order valence-corrected chi connectivity index (χ4v) is 3.16. The third-order valence-corrected chi connectivity index (χ3v) is 4.74. The minimum atomic E-state index is -1.44. The molecule has 0 aliphatic carbocycles. The van der Waals surface area contributed by atoms with Crippen LogP contribution in [0.3, 0.4) is 0 Å². The summed E-state index contributed by atoms with van der Waals surface area (Å²) in [5.41, 5.74) is -1.19. The highest BCUT2D eigenvalue weighted by Gasteiger charge is 2.42. The van der Waals surface area contributed by atoms with Crippen molar-refractivity contribution in [1.82, 2.24) is 9.29 Å². The second-order valence-electron chi connectivity index (χ2n) is 4.46. The van der Waals surface area contributed by atoms with Crippen molar-refractivity contribution in [3.05, 3.63) is 23.4 Å². The maximum Gasteiger partial charge on any atom is 0.146 e. The van der Waals surface area contributed by atoms with E-state index in [4.69, 9.17) is 11.6 Å². The number of pyridine rings is 1. The number of hydrogen-bond acceptors (Lipinski definition) is 4. The zero-order valence-electron chi connectivity index (χ0n) is 9.91. The summed E-state index contributed by atoms with van der Waals surface area (Å²) >= 11 is 5.71. The molecule has 0 bridgehead atoms. The first kappa shape index (κ1) is 13.9. The molecule has 7 heteroatoms. The molecule has 2 heterocycles. The Morgan fingerprint density at radius 3 is 2.83 bits per heavy atom. The summed E-state index contributed by atoms with van der Waals surface area (Å²) in [6.07, 6.45) is 0.980. The van der Waals surface area contributed by atoms with Crippen LogP contribution in [0.25, 0.3) is 0 Å². The number of rotatable bonds is 3. The Morgan fingerprint density at radius 1 is 1.61 bits per heavy atom. The van der Waals surface area contributed by atoms with E-state index in [1.54, 1.807) is 16.4 Å². The second-order valence-corrected chi connectivity index (χ2v) is 6.33. The summed E-state index contributed by atoms with van der Waals surface area (Å²) in [4.78, 5) is 4.00. The first-order chi connectivity index (χ1) is 8.42. The van der Waals surface area contributed by atoms with E-state index in [2.05, 4.69) is 4.98 Å². The lowest BCUT2D eigenvalue weighted by Crippen LogP contribution is -2.43. The molecule has 100 valence electrons. The van der Waals surface area contributed by atoms with Gasteiger partial charge in [-0.25, -0.2) is 13.5 Å². The van der Waals surface area contributed by atoms with Crippen molar-refractivity contribution in [2.75, 3.05) is 13.1 Å². The third kappa shape index (κ3) is 2.73. The van der Waals surface area contributed by atoms with E-state index in [0.29, 0.717) is 23.0 Å². The fraction of sp³-hybridized carbons (Fsp3) is 0.545. The quantitative estimate of drug-likeness (QED) is 0.854. The van der Waals surface area contributed by atoms with Crippen LogP contribution in [0.15, 0.2) is 23.4 Å². The molecule has 1 saturated heterocycles. The molecule has 5 nitrogen and oxygen atoms in total. The molecule has 3 unspecified atom stereocenters. The van der Waals surface area contributed by atoms with Crippen molar-refractivity contribution in [1.29, 1.82) is 0 Å². The summed E-state index contributed by atoms with van der Waals surface area (Å²) in [6.45, 7) is 2.16. The van der Waals surface area contributed by atoms with Crippen LogP contribution in [-0.4, -0.2) is 48.5 Å². The topological polar surface area (TPSA) is 73.7 Å². The number of β-amino-alcohol motifs (C(OH)–C–C–N with tert-alkyl or cyclic N) is 1. The fourth-order valence-electron chi connectivity index (χ4n) is 1.86. The van der Waals surface area contributed by atoms with E-state index in [-0.39, 0.29) is 6.54 Å². The summed E-state index contributed by atoms with van der Waals surface area (Å²) < 4.78 is 13.8. The van der Waals surface area contributed by atoms with Crippen LogP contribution in [0.4, 0.5) is 0 Å². The monoisotopic (exact) mass is 290 g/mol. The maximum absolute atomic E-state index is 12.2. The SMILES string of the molecule is CC(O)C1(O)CCN(S(=O)c2ccc(Cl)cn2)C1. The van der Waals surface area contributed by atoms with Gasteiger partial charge in [-0.2, -0.15) is 0 Å². The van der Waals surface area contributed by atoms with E-state index in [1.807, 2.05) is 0 Å². The van der Waals surface area contributed by atoms with E-state index in [0.717, 1.165) is 0 Å². The summed E-state index contributed by atoms with van der Waals surface area (Å²) in [7, 11) is -1.44. The third-order valence-electron chi connectivity index (χ3n) is 3.14. The number of nitrogens with zero attached hydrogens (tertiary/aromatic N) is 2. The number of halogens is 1. The van der Waals surface area contributed by atoms with Crippen LogP contribution in [0.1, 0.15) is 13.3 Å². The molecule has 0 radical (unpaired) electrons. The largest absolute Gasteiger partial charge is 0.390 e. The Balaban J connectivity index is 2.10. The van der Waals surface area contributed by atoms with Gasteiger partial charge in [0.15, 0.2) is 0 Å². The van der Waals surface area contributed by atoms with Gasteiger partial charge in [-0.15, -0.1) is 0 Å². The average molecular weight is 291 g/mol. The van der Waals surface area contributed by atoms with Gasteiger partial charge in [0.2, 0.25) is 0 Å². The minimum absolute atomic E-state index is 0.168. The van der Waals surface area contributed by atoms with Gasteiger partial charge in [0.25, 0.3) is 0 Å². The standard InChI is InChI=1S/C11H15ClN2O3S/c1-8(15)11(16)4-5-14(7-11)18(17)10-3-2-9(12)6-13-10/h2-3,6,8,15-16H,4-5,7H2,1H3. The Morgan fingerprint density at radius 2 is 2.33 bits per heavy atom. The highest BCUT2D eigenvalue weighted by Crippen LogP contribution is 2.27. The Hall–Kier alpha value is -0.530. The zero-order chi connectivity index (χ0) is 13.3. The smallest absolute Gasteiger partial charge is 0.146 e. The van der Waals surface area contributed by atoms with Gasteiger partial charge in [-0.3, -0.25) is 0 Å². The second kappa shape index (κ2) is 5.22. The lowest BCUT2D eigenvalue weighted by molar-refractivity contribution is -0.0534. The molecule has 2 N–H and O–H groups in total. The molecule has 0 aromatic carbocycles. The summed E-state index contributed by atoms with van der Waals surface area (Å²) in [5.74, 6) is 0. The van der Waals surface area contributed by atoms with Crippen molar-refractivity contribution in [3.8, 4) is 0 Å². The predicted molar refractivity (Wildman–Crippen MR) is 68.5 cm³/mol. The molecule has 0 spiro atoms. The van der Waals surface area contributed by atoms with Gasteiger partial charge in [0.1, 0.15) is 21.6 Å². The highest BCUT2D eigenvalue weighted by molar-refractivity contribution is 7.82. The Labute approximate surface area is 113 Å². The Bertz CT molecular complexity index is 454. The van der Waals surface area contributed by atoms with E-state index >= 15 is 0 Å². The van der Waals surface area contributed by atoms with Crippen LogP contribution in [0.2, 0.25) is 5.02 Å². The number of aliphatic hydroxyl groups is 2. The van der Waals surface area contributed by atoms with Gasteiger partial charge >= 0.3 is 0 Å². The van der Waals surface area contributed by atoms with Gasteiger partial charge < -0.3 is 10.2 Å². The lowest BCUT2D eigenvalue weighted by Gasteiger charge is -2.25. The van der Waals surface area contributed by atoms with Crippen LogP contribution in [0, 0.1) is 0 Å². The minimum Gasteiger partial charge on any atom is -0.390 e. The summed E-state index contributed by atoms with van der Waals surface area (Å²) in [6, 6.07) is 3.22. The van der Waals surface area contributed by atoms with Crippen molar-refractivity contribution < 1.29 is 14.4 Å². The molecule has 2 rings (SSSR count). The molecule has 1 aliphatic rings. The van der Waals surface area contributed by atoms with Crippen molar-refractivity contribution in [2.24, 2.45) is 0 Å². The molecule has 0 saturated carbocycles. The molecule has 1 aromatic rings. The van der Waals surface area contributed by atoms with E-state index < -0.39 is 22.7 Å². The first-order valence-corrected chi connectivity index (χ1v) is 7.10. The van der Waals surface area contributed by atoms with Crippen molar-refractivity contribution >= 4 is 22.6 Å². The average Bonchev–Trinajstić information content (AvgIpc) is 2.73. The molecule has 18 heavy (non-hydrogen) atoms. The summed E-state index contributed by atoms with van der Waals surface area (Å²) in [5, 5.41) is 20.5. The maximum atomic E-state index is 12.2. The molecule has 3 atom stereocenters. The lowest BCUT2D eigenvalue weighted by atomic mass is 9.97. The van der Waals surface area contributed by atoms with Gasteiger partial charge in [0.05, 0.1) is 11.1 Å². The molecule has 1 aliphatic heterocycles. The number of aromatic nitrogens is 1. The van der Waals surface area contributed by atoms with E-state index in [1.165, 1.54) is 13.1 Å². The van der Waals surface area contributed by atoms with Gasteiger partial charge in [0, 0.05) is 19.3 Å². The normalized spacial score (nSPS) is 28.2. The molecule has 0 amide bonds. The number of hydrogen-bond donors (Lipinski definition) is 2. The first-order valence-electron chi connectivity index (χ1n) is 5.61. The van der Waals surface area contributed by atoms with Crippen molar-refractivity contribution in [2.45, 2.75) is 30.1 Å².